The molecule has 0 fully saturated rings. The zero-order valence-corrected chi connectivity index (χ0v) is 11.8. The first kappa shape index (κ1) is 13.5. The van der Waals surface area contributed by atoms with E-state index in [0.717, 1.165) is 0 Å². The third-order valence-electron chi connectivity index (χ3n) is 2.72. The Morgan fingerprint density at radius 1 is 1.32 bits per heavy atom. The molecule has 0 aliphatic heterocycles. The minimum absolute atomic E-state index is 0.189. The summed E-state index contributed by atoms with van der Waals surface area (Å²) in [5.74, 6) is -0.856. The van der Waals surface area contributed by atoms with E-state index >= 15 is 0 Å². The second-order valence-electron chi connectivity index (χ2n) is 4.12. The molecular formula is C14H12BrFN2O. The minimum Gasteiger partial charge on any atom is -0.398 e. The highest BCUT2D eigenvalue weighted by Crippen LogP contribution is 2.23. The fourth-order valence-corrected chi connectivity index (χ4v) is 1.91. The number of nitrogens with two attached hydrogens (primary N) is 1. The van der Waals surface area contributed by atoms with Crippen molar-refractivity contribution < 1.29 is 9.18 Å². The first-order valence-corrected chi connectivity index (χ1v) is 6.40. The van der Waals surface area contributed by atoms with Crippen LogP contribution >= 0.6 is 15.9 Å². The Labute approximate surface area is 118 Å². The maximum absolute atomic E-state index is 13.6. The van der Waals surface area contributed by atoms with Crippen molar-refractivity contribution in [2.45, 2.75) is 6.92 Å². The number of nitrogen functional groups attached to an aromatic ring is 1. The van der Waals surface area contributed by atoms with Gasteiger partial charge in [-0.25, -0.2) is 4.39 Å². The number of halogens is 2. The Kier molecular flexibility index (Phi) is 3.85. The summed E-state index contributed by atoms with van der Waals surface area (Å²) in [6, 6.07) is 9.46. The smallest absolute Gasteiger partial charge is 0.255 e. The molecule has 98 valence electrons. The van der Waals surface area contributed by atoms with Gasteiger partial charge in [0.15, 0.2) is 0 Å². The Hall–Kier alpha value is -1.88. The van der Waals surface area contributed by atoms with Crippen LogP contribution < -0.4 is 11.1 Å². The Morgan fingerprint density at radius 3 is 2.68 bits per heavy atom. The molecule has 0 radical (unpaired) electrons. The quantitative estimate of drug-likeness (QED) is 0.828. The summed E-state index contributed by atoms with van der Waals surface area (Å²) < 4.78 is 14.3. The van der Waals surface area contributed by atoms with Crippen molar-refractivity contribution in [3.05, 3.63) is 57.8 Å². The average molecular weight is 323 g/mol. The number of benzene rings is 2. The predicted molar refractivity (Wildman–Crippen MR) is 77.6 cm³/mol. The van der Waals surface area contributed by atoms with Crippen LogP contribution in [0.15, 0.2) is 40.9 Å². The van der Waals surface area contributed by atoms with Gasteiger partial charge < -0.3 is 11.1 Å². The number of carbonyl (C=O) groups is 1. The lowest BCUT2D eigenvalue weighted by Crippen LogP contribution is -2.14. The van der Waals surface area contributed by atoms with E-state index in [1.165, 1.54) is 12.1 Å². The van der Waals surface area contributed by atoms with E-state index in [-0.39, 0.29) is 5.69 Å². The molecule has 2 aromatic carbocycles. The summed E-state index contributed by atoms with van der Waals surface area (Å²) in [6.45, 7) is 1.73. The number of para-hydroxylation sites is 1. The van der Waals surface area contributed by atoms with Crippen LogP contribution in [0.4, 0.5) is 15.8 Å². The highest BCUT2D eigenvalue weighted by molar-refractivity contribution is 9.10. The molecule has 0 aromatic heterocycles. The second-order valence-corrected chi connectivity index (χ2v) is 4.98. The van der Waals surface area contributed by atoms with Gasteiger partial charge in [0.1, 0.15) is 5.82 Å². The summed E-state index contributed by atoms with van der Waals surface area (Å²) in [6.07, 6.45) is 0. The summed E-state index contributed by atoms with van der Waals surface area (Å²) in [7, 11) is 0. The van der Waals surface area contributed by atoms with Crippen LogP contribution in [0.5, 0.6) is 0 Å². The molecule has 0 heterocycles. The minimum atomic E-state index is -0.460. The SMILES string of the molecule is Cc1cccc(F)c1NC(=O)c1ccc(Br)c(N)c1. The van der Waals surface area contributed by atoms with E-state index in [0.29, 0.717) is 21.3 Å². The zero-order chi connectivity index (χ0) is 14.0. The maximum Gasteiger partial charge on any atom is 0.255 e. The first-order valence-electron chi connectivity index (χ1n) is 5.60. The highest BCUT2D eigenvalue weighted by Gasteiger charge is 2.12. The lowest BCUT2D eigenvalue weighted by molar-refractivity contribution is 0.102. The van der Waals surface area contributed by atoms with Crippen LogP contribution in [0.1, 0.15) is 15.9 Å². The van der Waals surface area contributed by atoms with Gasteiger partial charge in [0, 0.05) is 15.7 Å². The van der Waals surface area contributed by atoms with E-state index in [1.54, 1.807) is 31.2 Å². The monoisotopic (exact) mass is 322 g/mol. The molecule has 3 nitrogen and oxygen atoms in total. The molecule has 0 saturated carbocycles. The van der Waals surface area contributed by atoms with Crippen LogP contribution in [-0.2, 0) is 0 Å². The molecule has 0 bridgehead atoms. The Bertz CT molecular complexity index is 623. The van der Waals surface area contributed by atoms with E-state index < -0.39 is 11.7 Å². The number of anilines is 2. The maximum atomic E-state index is 13.6. The molecule has 5 heteroatoms. The van der Waals surface area contributed by atoms with Gasteiger partial charge in [-0.05, 0) is 52.7 Å². The van der Waals surface area contributed by atoms with E-state index in [2.05, 4.69) is 21.2 Å². The molecule has 0 aliphatic rings. The lowest BCUT2D eigenvalue weighted by Gasteiger charge is -2.10. The summed E-state index contributed by atoms with van der Waals surface area (Å²) in [4.78, 5) is 12.0. The summed E-state index contributed by atoms with van der Waals surface area (Å²) >= 11 is 3.25. The number of rotatable bonds is 2. The molecule has 0 aliphatic carbocycles. The Morgan fingerprint density at radius 2 is 2.05 bits per heavy atom. The van der Waals surface area contributed by atoms with Crippen molar-refractivity contribution in [1.29, 1.82) is 0 Å². The lowest BCUT2D eigenvalue weighted by atomic mass is 10.1. The number of nitrogens with one attached hydrogen (secondary N) is 1. The normalized spacial score (nSPS) is 10.3. The molecule has 1 amide bonds. The van der Waals surface area contributed by atoms with Gasteiger partial charge in [-0.15, -0.1) is 0 Å². The number of hydrogen-bond donors (Lipinski definition) is 2. The molecule has 2 rings (SSSR count). The van der Waals surface area contributed by atoms with Gasteiger partial charge in [0.2, 0.25) is 0 Å². The molecule has 0 saturated heterocycles. The second kappa shape index (κ2) is 5.40. The Balaban J connectivity index is 2.28. The first-order chi connectivity index (χ1) is 8.99. The zero-order valence-electron chi connectivity index (χ0n) is 10.2. The molecule has 2 aromatic rings. The van der Waals surface area contributed by atoms with Crippen molar-refractivity contribution >= 4 is 33.2 Å². The summed E-state index contributed by atoms with van der Waals surface area (Å²) in [5.41, 5.74) is 7.40. The molecule has 0 spiro atoms. The predicted octanol–water partition coefficient (Wildman–Crippen LogP) is 3.73. The standard InChI is InChI=1S/C14H12BrFN2O/c1-8-3-2-4-11(16)13(8)18-14(19)9-5-6-10(15)12(17)7-9/h2-7H,17H2,1H3,(H,18,19). The topological polar surface area (TPSA) is 55.1 Å². The average Bonchev–Trinajstić information content (AvgIpc) is 2.37. The van der Waals surface area contributed by atoms with E-state index in [9.17, 15) is 9.18 Å². The van der Waals surface area contributed by atoms with Crippen molar-refractivity contribution in [1.82, 2.24) is 0 Å². The van der Waals surface area contributed by atoms with Crippen molar-refractivity contribution in [3.63, 3.8) is 0 Å². The largest absolute Gasteiger partial charge is 0.398 e. The van der Waals surface area contributed by atoms with Crippen molar-refractivity contribution in [2.24, 2.45) is 0 Å². The van der Waals surface area contributed by atoms with Crippen LogP contribution in [0, 0.1) is 12.7 Å². The van der Waals surface area contributed by atoms with Gasteiger partial charge >= 0.3 is 0 Å². The van der Waals surface area contributed by atoms with E-state index in [1.807, 2.05) is 0 Å². The molecular weight excluding hydrogens is 311 g/mol. The van der Waals surface area contributed by atoms with Gasteiger partial charge in [-0.3, -0.25) is 4.79 Å². The third-order valence-corrected chi connectivity index (χ3v) is 3.44. The van der Waals surface area contributed by atoms with Gasteiger partial charge in [-0.2, -0.15) is 0 Å². The molecule has 19 heavy (non-hydrogen) atoms. The van der Waals surface area contributed by atoms with Gasteiger partial charge in [0.25, 0.3) is 5.91 Å². The van der Waals surface area contributed by atoms with Crippen molar-refractivity contribution in [3.8, 4) is 0 Å². The number of hydrogen-bond acceptors (Lipinski definition) is 2. The molecule has 0 unspecified atom stereocenters. The van der Waals surface area contributed by atoms with Crippen molar-refractivity contribution in [2.75, 3.05) is 11.1 Å². The highest BCUT2D eigenvalue weighted by atomic mass is 79.9. The van der Waals surface area contributed by atoms with Crippen LogP contribution in [0.2, 0.25) is 0 Å². The van der Waals surface area contributed by atoms with Gasteiger partial charge in [0.05, 0.1) is 5.69 Å². The van der Waals surface area contributed by atoms with Crippen LogP contribution in [-0.4, -0.2) is 5.91 Å². The molecule has 0 atom stereocenters. The summed E-state index contributed by atoms with van der Waals surface area (Å²) in [5, 5.41) is 2.56. The number of amides is 1. The third kappa shape index (κ3) is 2.93. The van der Waals surface area contributed by atoms with Gasteiger partial charge in [-0.1, -0.05) is 12.1 Å². The number of carbonyl (C=O) groups excluding carboxylic acids is 1. The van der Waals surface area contributed by atoms with Crippen LogP contribution in [0.3, 0.4) is 0 Å². The van der Waals surface area contributed by atoms with Crippen LogP contribution in [0.25, 0.3) is 0 Å². The fourth-order valence-electron chi connectivity index (χ4n) is 1.66. The number of aryl methyl sites for hydroxylation is 1. The fraction of sp³-hybridized carbons (Fsp3) is 0.0714. The van der Waals surface area contributed by atoms with E-state index in [4.69, 9.17) is 5.73 Å². The molecule has 3 N–H and O–H groups in total.